The molecule has 0 heterocycles. The summed E-state index contributed by atoms with van der Waals surface area (Å²) in [4.78, 5) is 2.69. The Labute approximate surface area is 110 Å². The molecule has 1 rings (SSSR count). The zero-order chi connectivity index (χ0) is 12.9. The smallest absolute Gasteiger partial charge is 0.207 e. The summed E-state index contributed by atoms with van der Waals surface area (Å²) in [7, 11) is 1.41. The van der Waals surface area contributed by atoms with E-state index in [0.29, 0.717) is 12.1 Å². The zero-order valence-corrected chi connectivity index (χ0v) is 10.9. The van der Waals surface area contributed by atoms with E-state index in [-0.39, 0.29) is 5.90 Å². The lowest BCUT2D eigenvalue weighted by molar-refractivity contribution is 0.385. The fourth-order valence-electron chi connectivity index (χ4n) is 1.26. The van der Waals surface area contributed by atoms with Crippen molar-refractivity contribution in [2.24, 2.45) is 5.11 Å². The third-order valence-corrected chi connectivity index (χ3v) is 2.84. The molecule has 1 N–H and O–H groups in total. The lowest BCUT2D eigenvalue weighted by Gasteiger charge is -2.22. The maximum atomic E-state index is 8.27. The van der Waals surface area contributed by atoms with Crippen LogP contribution in [0.5, 0.6) is 0 Å². The molecular formula is C10H12N4OS2. The van der Waals surface area contributed by atoms with Crippen LogP contribution in [0.3, 0.4) is 0 Å². The average molecular weight is 268 g/mol. The molecule has 0 atom stereocenters. The van der Waals surface area contributed by atoms with E-state index in [9.17, 15) is 0 Å². The molecule has 0 amide bonds. The van der Waals surface area contributed by atoms with Crippen molar-refractivity contribution in [1.29, 1.82) is 5.41 Å². The molecule has 0 saturated carbocycles. The number of thiol groups is 2. The number of nitrogens with one attached hydrogen (secondary N) is 1. The molecule has 1 aromatic rings. The normalized spacial score (nSPS) is 10.5. The number of hydrogen-bond acceptors (Lipinski definition) is 5. The van der Waals surface area contributed by atoms with E-state index >= 15 is 0 Å². The Hall–Kier alpha value is -1.30. The van der Waals surface area contributed by atoms with Crippen LogP contribution < -0.4 is 0 Å². The van der Waals surface area contributed by atoms with Crippen LogP contribution in [0.4, 0.5) is 5.69 Å². The third-order valence-electron chi connectivity index (χ3n) is 2.11. The minimum Gasteiger partial charge on any atom is -0.483 e. The van der Waals surface area contributed by atoms with Crippen LogP contribution in [-0.4, -0.2) is 17.1 Å². The van der Waals surface area contributed by atoms with Gasteiger partial charge in [0.15, 0.2) is 0 Å². The molecule has 0 aromatic heterocycles. The summed E-state index contributed by atoms with van der Waals surface area (Å²) in [5, 5.41) is 11.0. The Morgan fingerprint density at radius 1 is 1.47 bits per heavy atom. The van der Waals surface area contributed by atoms with E-state index in [0.717, 1.165) is 5.56 Å². The van der Waals surface area contributed by atoms with Gasteiger partial charge in [-0.2, -0.15) is 25.3 Å². The standard InChI is InChI=1S/C10H12N4OS2/c1-15-9(11)10(16,17)6-7-2-4-8(5-3-7)13-14-12/h2-5,11,16-17H,6H2,1H3. The predicted molar refractivity (Wildman–Crippen MR) is 74.4 cm³/mol. The molecule has 1 aromatic carbocycles. The van der Waals surface area contributed by atoms with Gasteiger partial charge < -0.3 is 4.74 Å². The molecule has 0 bridgehead atoms. The van der Waals surface area contributed by atoms with Crippen LogP contribution in [0.1, 0.15) is 5.56 Å². The first-order valence-corrected chi connectivity index (χ1v) is 5.61. The largest absolute Gasteiger partial charge is 0.483 e. The van der Waals surface area contributed by atoms with Crippen LogP contribution >= 0.6 is 25.3 Å². The van der Waals surface area contributed by atoms with Gasteiger partial charge in [-0.3, -0.25) is 5.41 Å². The van der Waals surface area contributed by atoms with Crippen molar-refractivity contribution in [3.63, 3.8) is 0 Å². The Bertz CT molecular complexity index is 452. The highest BCUT2D eigenvalue weighted by Crippen LogP contribution is 2.27. The van der Waals surface area contributed by atoms with Crippen LogP contribution in [0.25, 0.3) is 10.4 Å². The van der Waals surface area contributed by atoms with Crippen LogP contribution in [0.2, 0.25) is 0 Å². The monoisotopic (exact) mass is 268 g/mol. The van der Waals surface area contributed by atoms with Gasteiger partial charge in [-0.15, -0.1) is 0 Å². The highest BCUT2D eigenvalue weighted by Gasteiger charge is 2.27. The molecule has 0 fully saturated rings. The SMILES string of the molecule is COC(=N)C(S)(S)Cc1ccc(N=[N+]=[N-])cc1. The second-order valence-corrected chi connectivity index (χ2v) is 5.26. The van der Waals surface area contributed by atoms with Gasteiger partial charge in [0.2, 0.25) is 5.90 Å². The highest BCUT2D eigenvalue weighted by atomic mass is 32.2. The average Bonchev–Trinajstić information content (AvgIpc) is 2.30. The van der Waals surface area contributed by atoms with E-state index < -0.39 is 4.08 Å². The molecule has 0 spiro atoms. The van der Waals surface area contributed by atoms with E-state index in [1.807, 2.05) is 0 Å². The topological polar surface area (TPSA) is 81.8 Å². The van der Waals surface area contributed by atoms with Gasteiger partial charge in [0.25, 0.3) is 0 Å². The number of benzene rings is 1. The van der Waals surface area contributed by atoms with Crippen molar-refractivity contribution < 1.29 is 4.74 Å². The van der Waals surface area contributed by atoms with Crippen LogP contribution in [0.15, 0.2) is 29.4 Å². The Balaban J connectivity index is 2.82. The molecule has 17 heavy (non-hydrogen) atoms. The number of hydrogen-bond donors (Lipinski definition) is 3. The summed E-state index contributed by atoms with van der Waals surface area (Å²) >= 11 is 8.55. The Morgan fingerprint density at radius 2 is 2.06 bits per heavy atom. The molecule has 0 aliphatic heterocycles. The summed E-state index contributed by atoms with van der Waals surface area (Å²) < 4.78 is 3.86. The number of nitrogens with zero attached hydrogens (tertiary/aromatic N) is 3. The maximum absolute atomic E-state index is 8.27. The molecule has 0 aliphatic rings. The van der Waals surface area contributed by atoms with Gasteiger partial charge in [-0.1, -0.05) is 29.4 Å². The Morgan fingerprint density at radius 3 is 2.53 bits per heavy atom. The lowest BCUT2D eigenvalue weighted by Crippen LogP contribution is -2.29. The predicted octanol–water partition coefficient (Wildman–Crippen LogP) is 3.35. The molecule has 0 radical (unpaired) electrons. The quantitative estimate of drug-likeness (QED) is 0.146. The summed E-state index contributed by atoms with van der Waals surface area (Å²) in [6.45, 7) is 0. The summed E-state index contributed by atoms with van der Waals surface area (Å²) in [5.41, 5.74) is 9.74. The van der Waals surface area contributed by atoms with E-state index in [2.05, 4.69) is 35.3 Å². The summed E-state index contributed by atoms with van der Waals surface area (Å²) in [6, 6.07) is 6.99. The minimum absolute atomic E-state index is 0.0108. The van der Waals surface area contributed by atoms with Gasteiger partial charge in [0.1, 0.15) is 4.08 Å². The number of rotatable bonds is 4. The fourth-order valence-corrected chi connectivity index (χ4v) is 1.81. The van der Waals surface area contributed by atoms with Crippen LogP contribution in [0, 0.1) is 5.41 Å². The second kappa shape index (κ2) is 5.86. The zero-order valence-electron chi connectivity index (χ0n) is 9.16. The molecule has 5 nitrogen and oxygen atoms in total. The van der Waals surface area contributed by atoms with Gasteiger partial charge >= 0.3 is 0 Å². The maximum Gasteiger partial charge on any atom is 0.207 e. The first-order valence-electron chi connectivity index (χ1n) is 4.71. The molecule has 7 heteroatoms. The van der Waals surface area contributed by atoms with Crippen molar-refractivity contribution in [2.75, 3.05) is 7.11 Å². The third kappa shape index (κ3) is 3.89. The molecule has 90 valence electrons. The highest BCUT2D eigenvalue weighted by molar-refractivity contribution is 8.02. The van der Waals surface area contributed by atoms with Crippen molar-refractivity contribution in [3.8, 4) is 0 Å². The van der Waals surface area contributed by atoms with Gasteiger partial charge in [0, 0.05) is 17.0 Å². The van der Waals surface area contributed by atoms with E-state index in [1.54, 1.807) is 24.3 Å². The van der Waals surface area contributed by atoms with E-state index in [1.165, 1.54) is 7.11 Å². The van der Waals surface area contributed by atoms with Crippen molar-refractivity contribution in [1.82, 2.24) is 0 Å². The number of methoxy groups -OCH3 is 1. The molecule has 0 saturated heterocycles. The van der Waals surface area contributed by atoms with E-state index in [4.69, 9.17) is 15.7 Å². The number of ether oxygens (including phenoxy) is 1. The minimum atomic E-state index is -0.950. The van der Waals surface area contributed by atoms with Crippen molar-refractivity contribution in [3.05, 3.63) is 40.3 Å². The van der Waals surface area contributed by atoms with Gasteiger partial charge in [0.05, 0.1) is 7.11 Å². The Kier molecular flexibility index (Phi) is 4.74. The summed E-state index contributed by atoms with van der Waals surface area (Å²) in [6.07, 6.45) is 0.433. The molecule has 0 unspecified atom stereocenters. The van der Waals surface area contributed by atoms with Gasteiger partial charge in [-0.05, 0) is 11.1 Å². The second-order valence-electron chi connectivity index (χ2n) is 3.38. The lowest BCUT2D eigenvalue weighted by atomic mass is 10.1. The molecule has 0 aliphatic carbocycles. The van der Waals surface area contributed by atoms with Gasteiger partial charge in [-0.25, -0.2) is 0 Å². The summed E-state index contributed by atoms with van der Waals surface area (Å²) in [5.74, 6) is -0.0108. The molecular weight excluding hydrogens is 256 g/mol. The van der Waals surface area contributed by atoms with Crippen molar-refractivity contribution in [2.45, 2.75) is 10.5 Å². The number of azide groups is 1. The first-order chi connectivity index (χ1) is 7.99. The first kappa shape index (κ1) is 13.8. The van der Waals surface area contributed by atoms with Crippen LogP contribution in [-0.2, 0) is 11.2 Å². The van der Waals surface area contributed by atoms with Crippen molar-refractivity contribution >= 4 is 36.8 Å². The fraction of sp³-hybridized carbons (Fsp3) is 0.300.